The predicted octanol–water partition coefficient (Wildman–Crippen LogP) is 1.29. The van der Waals surface area contributed by atoms with E-state index in [1.54, 1.807) is 12.2 Å². The standard InChI is InChI=1S/C10H12O4/c11-9(12)6-8(10(13)14)7-4-2-1-3-5-7/h1-4,7-8H,5-6H2,(H,11,12)(H,13,14)/t7?,8-/m1/s1. The molecule has 0 bridgehead atoms. The van der Waals surface area contributed by atoms with Crippen LogP contribution in [0.5, 0.6) is 0 Å². The van der Waals surface area contributed by atoms with Crippen molar-refractivity contribution >= 4 is 11.9 Å². The SMILES string of the molecule is O=C(O)C[C@@H](C(=O)O)C1C=CC=CC1. The molecule has 0 fully saturated rings. The number of hydrogen-bond acceptors (Lipinski definition) is 2. The number of rotatable bonds is 4. The van der Waals surface area contributed by atoms with Crippen LogP contribution in [-0.2, 0) is 9.59 Å². The summed E-state index contributed by atoms with van der Waals surface area (Å²) in [5, 5.41) is 17.4. The van der Waals surface area contributed by atoms with Crippen LogP contribution in [0.4, 0.5) is 0 Å². The second-order valence-corrected chi connectivity index (χ2v) is 3.26. The molecule has 4 nitrogen and oxygen atoms in total. The molecule has 0 heterocycles. The molecule has 2 N–H and O–H groups in total. The fraction of sp³-hybridized carbons (Fsp3) is 0.400. The van der Waals surface area contributed by atoms with Gasteiger partial charge >= 0.3 is 11.9 Å². The second-order valence-electron chi connectivity index (χ2n) is 3.26. The van der Waals surface area contributed by atoms with Gasteiger partial charge in [0.05, 0.1) is 12.3 Å². The smallest absolute Gasteiger partial charge is 0.307 e. The zero-order valence-electron chi connectivity index (χ0n) is 7.59. The van der Waals surface area contributed by atoms with E-state index >= 15 is 0 Å². The third kappa shape index (κ3) is 2.73. The molecule has 2 atom stereocenters. The van der Waals surface area contributed by atoms with Crippen molar-refractivity contribution in [2.75, 3.05) is 0 Å². The van der Waals surface area contributed by atoms with E-state index in [1.807, 2.05) is 12.2 Å². The molecule has 1 aliphatic carbocycles. The minimum Gasteiger partial charge on any atom is -0.481 e. The Kier molecular flexibility index (Phi) is 3.45. The van der Waals surface area contributed by atoms with Gasteiger partial charge in [0.1, 0.15) is 0 Å². The summed E-state index contributed by atoms with van der Waals surface area (Å²) in [5.74, 6) is -3.14. The highest BCUT2D eigenvalue weighted by Gasteiger charge is 2.28. The molecular weight excluding hydrogens is 184 g/mol. The van der Waals surface area contributed by atoms with Gasteiger partial charge in [0.15, 0.2) is 0 Å². The molecule has 0 aromatic carbocycles. The number of carboxylic acid groups (broad SMARTS) is 2. The lowest BCUT2D eigenvalue weighted by Gasteiger charge is -2.19. The Morgan fingerprint density at radius 2 is 2.07 bits per heavy atom. The van der Waals surface area contributed by atoms with Crippen LogP contribution >= 0.6 is 0 Å². The van der Waals surface area contributed by atoms with E-state index in [4.69, 9.17) is 10.2 Å². The maximum absolute atomic E-state index is 10.8. The van der Waals surface area contributed by atoms with E-state index in [0.29, 0.717) is 6.42 Å². The average molecular weight is 196 g/mol. The van der Waals surface area contributed by atoms with Crippen molar-refractivity contribution < 1.29 is 19.8 Å². The summed E-state index contributed by atoms with van der Waals surface area (Å²) in [6.07, 6.45) is 7.46. The molecule has 0 aromatic heterocycles. The lowest BCUT2D eigenvalue weighted by molar-refractivity contribution is -0.149. The molecular formula is C10H12O4. The van der Waals surface area contributed by atoms with Gasteiger partial charge in [0, 0.05) is 0 Å². The monoisotopic (exact) mass is 196 g/mol. The summed E-state index contributed by atoms with van der Waals surface area (Å²) in [4.78, 5) is 21.3. The molecule has 0 saturated carbocycles. The van der Waals surface area contributed by atoms with Gasteiger partial charge in [-0.2, -0.15) is 0 Å². The van der Waals surface area contributed by atoms with Gasteiger partial charge in [-0.25, -0.2) is 0 Å². The van der Waals surface area contributed by atoms with Crippen molar-refractivity contribution in [2.24, 2.45) is 11.8 Å². The summed E-state index contributed by atoms with van der Waals surface area (Å²) in [6.45, 7) is 0. The highest BCUT2D eigenvalue weighted by Crippen LogP contribution is 2.24. The first-order chi connectivity index (χ1) is 6.61. The minimum absolute atomic E-state index is 0.200. The third-order valence-corrected chi connectivity index (χ3v) is 2.24. The highest BCUT2D eigenvalue weighted by atomic mass is 16.4. The molecule has 0 saturated heterocycles. The lowest BCUT2D eigenvalue weighted by Crippen LogP contribution is -2.25. The summed E-state index contributed by atoms with van der Waals surface area (Å²) < 4.78 is 0. The van der Waals surface area contributed by atoms with Crippen molar-refractivity contribution in [2.45, 2.75) is 12.8 Å². The molecule has 0 amide bonds. The summed E-state index contributed by atoms with van der Waals surface area (Å²) in [7, 11) is 0. The van der Waals surface area contributed by atoms with E-state index in [0.717, 1.165) is 0 Å². The van der Waals surface area contributed by atoms with Crippen molar-refractivity contribution in [1.29, 1.82) is 0 Å². The Hall–Kier alpha value is -1.58. The maximum Gasteiger partial charge on any atom is 0.307 e. The first-order valence-electron chi connectivity index (χ1n) is 4.39. The van der Waals surface area contributed by atoms with E-state index in [-0.39, 0.29) is 12.3 Å². The normalized spacial score (nSPS) is 21.9. The summed E-state index contributed by atoms with van der Waals surface area (Å²) in [5.41, 5.74) is 0. The van der Waals surface area contributed by atoms with Gasteiger partial charge in [0.2, 0.25) is 0 Å². The quantitative estimate of drug-likeness (QED) is 0.710. The van der Waals surface area contributed by atoms with E-state index < -0.39 is 17.9 Å². The Balaban J connectivity index is 2.67. The van der Waals surface area contributed by atoms with Gasteiger partial charge in [-0.05, 0) is 12.3 Å². The van der Waals surface area contributed by atoms with E-state index in [2.05, 4.69) is 0 Å². The number of aliphatic carboxylic acids is 2. The third-order valence-electron chi connectivity index (χ3n) is 2.24. The van der Waals surface area contributed by atoms with Crippen molar-refractivity contribution in [3.8, 4) is 0 Å². The van der Waals surface area contributed by atoms with Gasteiger partial charge in [-0.3, -0.25) is 9.59 Å². The van der Waals surface area contributed by atoms with Crippen LogP contribution < -0.4 is 0 Å². The number of carboxylic acids is 2. The van der Waals surface area contributed by atoms with Crippen molar-refractivity contribution in [3.05, 3.63) is 24.3 Å². The second kappa shape index (κ2) is 4.60. The largest absolute Gasteiger partial charge is 0.481 e. The lowest BCUT2D eigenvalue weighted by atomic mass is 9.85. The fourth-order valence-corrected chi connectivity index (χ4v) is 1.51. The van der Waals surface area contributed by atoms with Crippen molar-refractivity contribution in [1.82, 2.24) is 0 Å². The van der Waals surface area contributed by atoms with Crippen LogP contribution in [0.3, 0.4) is 0 Å². The molecule has 76 valence electrons. The molecule has 1 unspecified atom stereocenters. The average Bonchev–Trinajstić information content (AvgIpc) is 2.15. The Morgan fingerprint density at radius 1 is 1.36 bits per heavy atom. The topological polar surface area (TPSA) is 74.6 Å². The van der Waals surface area contributed by atoms with Gasteiger partial charge in [-0.1, -0.05) is 24.3 Å². The number of allylic oxidation sites excluding steroid dienone is 4. The van der Waals surface area contributed by atoms with Crippen LogP contribution in [0.15, 0.2) is 24.3 Å². The molecule has 1 rings (SSSR count). The molecule has 14 heavy (non-hydrogen) atoms. The van der Waals surface area contributed by atoms with E-state index in [1.165, 1.54) is 0 Å². The maximum atomic E-state index is 10.8. The van der Waals surface area contributed by atoms with E-state index in [9.17, 15) is 9.59 Å². The Bertz CT molecular complexity index is 290. The summed E-state index contributed by atoms with van der Waals surface area (Å²) >= 11 is 0. The highest BCUT2D eigenvalue weighted by molar-refractivity contribution is 5.78. The van der Waals surface area contributed by atoms with Gasteiger partial charge < -0.3 is 10.2 Å². The Labute approximate surface area is 81.6 Å². The molecule has 0 aromatic rings. The zero-order chi connectivity index (χ0) is 10.6. The predicted molar refractivity (Wildman–Crippen MR) is 49.8 cm³/mol. The first kappa shape index (κ1) is 10.5. The molecule has 0 aliphatic heterocycles. The molecule has 0 radical (unpaired) electrons. The van der Waals surface area contributed by atoms with Crippen LogP contribution in [-0.4, -0.2) is 22.2 Å². The fourth-order valence-electron chi connectivity index (χ4n) is 1.51. The zero-order valence-corrected chi connectivity index (χ0v) is 7.59. The van der Waals surface area contributed by atoms with Gasteiger partial charge in [0.25, 0.3) is 0 Å². The molecule has 4 heteroatoms. The van der Waals surface area contributed by atoms with Crippen LogP contribution in [0.25, 0.3) is 0 Å². The molecule has 1 aliphatic rings. The number of hydrogen-bond donors (Lipinski definition) is 2. The van der Waals surface area contributed by atoms with Crippen molar-refractivity contribution in [3.63, 3.8) is 0 Å². The van der Waals surface area contributed by atoms with Crippen LogP contribution in [0.2, 0.25) is 0 Å². The van der Waals surface area contributed by atoms with Gasteiger partial charge in [-0.15, -0.1) is 0 Å². The number of carbonyl (C=O) groups is 2. The first-order valence-corrected chi connectivity index (χ1v) is 4.39. The minimum atomic E-state index is -1.07. The molecule has 0 spiro atoms. The summed E-state index contributed by atoms with van der Waals surface area (Å²) in [6, 6.07) is 0. The van der Waals surface area contributed by atoms with Crippen LogP contribution in [0.1, 0.15) is 12.8 Å². The van der Waals surface area contributed by atoms with Crippen LogP contribution in [0, 0.1) is 11.8 Å². The Morgan fingerprint density at radius 3 is 2.50 bits per heavy atom.